The minimum absolute atomic E-state index is 0.157. The molecular weight excluding hydrogens is 280 g/mol. The minimum atomic E-state index is -3.73. The van der Waals surface area contributed by atoms with Crippen LogP contribution in [0.25, 0.3) is 0 Å². The number of sulfone groups is 1. The first-order valence-electron chi connectivity index (χ1n) is 6.82. The number of carbonyl (C=O) groups is 1. The van der Waals surface area contributed by atoms with E-state index in [0.717, 1.165) is 25.7 Å². The van der Waals surface area contributed by atoms with Gasteiger partial charge in [0.05, 0.1) is 0 Å². The first-order chi connectivity index (χ1) is 9.45. The largest absolute Gasteiger partial charge is 0.339 e. The van der Waals surface area contributed by atoms with Gasteiger partial charge in [-0.2, -0.15) is 0 Å². The van der Waals surface area contributed by atoms with Crippen LogP contribution in [0.1, 0.15) is 32.6 Å². The molecule has 0 N–H and O–H groups in total. The predicted octanol–water partition coefficient (Wildman–Crippen LogP) is 0.380. The smallest absolute Gasteiger partial charge is 0.249 e. The zero-order valence-corrected chi connectivity index (χ0v) is 12.6. The molecule has 0 radical (unpaired) electrons. The molecule has 0 aromatic carbocycles. The van der Waals surface area contributed by atoms with Crippen molar-refractivity contribution < 1.29 is 13.2 Å². The maximum Gasteiger partial charge on any atom is 0.249 e. The number of rotatable bonds is 4. The van der Waals surface area contributed by atoms with E-state index < -0.39 is 15.6 Å². The average Bonchev–Trinajstić information content (AvgIpc) is 2.85. The van der Waals surface area contributed by atoms with Crippen molar-refractivity contribution in [3.8, 4) is 0 Å². The Bertz CT molecular complexity index is 581. The fourth-order valence-electron chi connectivity index (χ4n) is 2.62. The Balaban J connectivity index is 2.13. The number of aryl methyl sites for hydroxylation is 1. The Morgan fingerprint density at radius 3 is 2.80 bits per heavy atom. The molecule has 112 valence electrons. The van der Waals surface area contributed by atoms with Crippen LogP contribution in [-0.4, -0.2) is 52.3 Å². The van der Waals surface area contributed by atoms with E-state index in [2.05, 4.69) is 10.2 Å². The summed E-state index contributed by atoms with van der Waals surface area (Å²) in [7, 11) is -2.18. The number of hydrogen-bond acceptors (Lipinski definition) is 5. The fourth-order valence-corrected chi connectivity index (χ4v) is 3.90. The molecule has 1 atom stereocenters. The second-order valence-electron chi connectivity index (χ2n) is 5.13. The van der Waals surface area contributed by atoms with Gasteiger partial charge in [-0.05, 0) is 25.7 Å². The van der Waals surface area contributed by atoms with Gasteiger partial charge in [-0.3, -0.25) is 4.79 Å². The van der Waals surface area contributed by atoms with Crippen LogP contribution < -0.4 is 0 Å². The molecule has 1 aliphatic heterocycles. The predicted molar refractivity (Wildman–Crippen MR) is 72.7 cm³/mol. The highest BCUT2D eigenvalue weighted by Crippen LogP contribution is 2.20. The third-order valence-electron chi connectivity index (χ3n) is 3.68. The zero-order chi connectivity index (χ0) is 14.8. The zero-order valence-electron chi connectivity index (χ0n) is 11.8. The number of aromatic nitrogens is 3. The minimum Gasteiger partial charge on any atom is -0.339 e. The van der Waals surface area contributed by atoms with E-state index in [9.17, 15) is 13.2 Å². The monoisotopic (exact) mass is 300 g/mol. The van der Waals surface area contributed by atoms with E-state index in [1.54, 1.807) is 11.9 Å². The molecule has 1 fully saturated rings. The van der Waals surface area contributed by atoms with Crippen LogP contribution >= 0.6 is 0 Å². The highest BCUT2D eigenvalue weighted by molar-refractivity contribution is 7.91. The van der Waals surface area contributed by atoms with E-state index in [4.69, 9.17) is 0 Å². The van der Waals surface area contributed by atoms with Gasteiger partial charge in [-0.25, -0.2) is 8.42 Å². The average molecular weight is 300 g/mol. The Kier molecular flexibility index (Phi) is 4.42. The Morgan fingerprint density at radius 2 is 2.20 bits per heavy atom. The van der Waals surface area contributed by atoms with Gasteiger partial charge >= 0.3 is 0 Å². The van der Waals surface area contributed by atoms with Crippen LogP contribution in [0.15, 0.2) is 11.5 Å². The van der Waals surface area contributed by atoms with E-state index in [-0.39, 0.29) is 17.1 Å². The molecule has 1 aromatic rings. The molecule has 7 nitrogen and oxygen atoms in total. The van der Waals surface area contributed by atoms with E-state index in [0.29, 0.717) is 6.54 Å². The summed E-state index contributed by atoms with van der Waals surface area (Å²) in [6, 6.07) is 0.158. The van der Waals surface area contributed by atoms with Crippen molar-refractivity contribution >= 4 is 15.7 Å². The van der Waals surface area contributed by atoms with Gasteiger partial charge in [-0.15, -0.1) is 10.2 Å². The summed E-state index contributed by atoms with van der Waals surface area (Å²) in [5.74, 6) is -0.865. The van der Waals surface area contributed by atoms with E-state index in [1.165, 1.54) is 10.9 Å². The van der Waals surface area contributed by atoms with Gasteiger partial charge in [-0.1, -0.05) is 6.92 Å². The van der Waals surface area contributed by atoms with Crippen LogP contribution in [0.2, 0.25) is 0 Å². The molecule has 1 aromatic heterocycles. The van der Waals surface area contributed by atoms with Crippen molar-refractivity contribution in [3.05, 3.63) is 6.33 Å². The summed E-state index contributed by atoms with van der Waals surface area (Å²) in [6.45, 7) is 2.67. The summed E-state index contributed by atoms with van der Waals surface area (Å²) in [6.07, 6.45) is 5.15. The number of nitrogens with zero attached hydrogens (tertiary/aromatic N) is 4. The molecule has 1 unspecified atom stereocenters. The van der Waals surface area contributed by atoms with Crippen LogP contribution in [0.5, 0.6) is 0 Å². The van der Waals surface area contributed by atoms with Gasteiger partial charge in [0.25, 0.3) is 0 Å². The van der Waals surface area contributed by atoms with Crippen LogP contribution in [0.3, 0.4) is 0 Å². The van der Waals surface area contributed by atoms with Gasteiger partial charge in [0.2, 0.25) is 20.9 Å². The SMILES string of the molecule is CCC1CCCCN1C(=O)CS(=O)(=O)c1nncn1C. The lowest BCUT2D eigenvalue weighted by Gasteiger charge is -2.35. The molecule has 0 bridgehead atoms. The van der Waals surface area contributed by atoms with Crippen molar-refractivity contribution in [2.75, 3.05) is 12.3 Å². The quantitative estimate of drug-likeness (QED) is 0.802. The van der Waals surface area contributed by atoms with Crippen molar-refractivity contribution in [2.24, 2.45) is 7.05 Å². The lowest BCUT2D eigenvalue weighted by molar-refractivity contribution is -0.132. The summed E-state index contributed by atoms with van der Waals surface area (Å²) in [5, 5.41) is 6.97. The molecule has 0 spiro atoms. The second kappa shape index (κ2) is 5.90. The summed E-state index contributed by atoms with van der Waals surface area (Å²) in [5.41, 5.74) is 0. The van der Waals surface area contributed by atoms with Crippen LogP contribution in [0, 0.1) is 0 Å². The van der Waals surface area contributed by atoms with Crippen molar-refractivity contribution in [3.63, 3.8) is 0 Å². The number of piperidine rings is 1. The Labute approximate surface area is 118 Å². The van der Waals surface area contributed by atoms with Crippen molar-refractivity contribution in [2.45, 2.75) is 43.8 Å². The number of carbonyl (C=O) groups excluding carboxylic acids is 1. The van der Waals surface area contributed by atoms with Crippen molar-refractivity contribution in [1.29, 1.82) is 0 Å². The molecule has 0 aliphatic carbocycles. The molecule has 0 saturated carbocycles. The van der Waals surface area contributed by atoms with Crippen LogP contribution in [0.4, 0.5) is 0 Å². The highest BCUT2D eigenvalue weighted by atomic mass is 32.2. The maximum absolute atomic E-state index is 12.3. The molecule has 20 heavy (non-hydrogen) atoms. The lowest BCUT2D eigenvalue weighted by Crippen LogP contribution is -2.46. The first-order valence-corrected chi connectivity index (χ1v) is 8.47. The molecule has 1 amide bonds. The molecule has 1 aliphatic rings. The fraction of sp³-hybridized carbons (Fsp3) is 0.750. The lowest BCUT2D eigenvalue weighted by atomic mass is 10.0. The third-order valence-corrected chi connectivity index (χ3v) is 5.23. The molecular formula is C12H20N4O3S. The van der Waals surface area contributed by atoms with Gasteiger partial charge < -0.3 is 9.47 Å². The number of hydrogen-bond donors (Lipinski definition) is 0. The Morgan fingerprint density at radius 1 is 1.45 bits per heavy atom. The normalized spacial score (nSPS) is 20.1. The summed E-state index contributed by atoms with van der Waals surface area (Å²) < 4.78 is 25.7. The second-order valence-corrected chi connectivity index (χ2v) is 7.01. The number of amides is 1. The van der Waals surface area contributed by atoms with Crippen LogP contribution in [-0.2, 0) is 21.7 Å². The van der Waals surface area contributed by atoms with Gasteiger partial charge in [0.1, 0.15) is 12.1 Å². The molecule has 8 heteroatoms. The topological polar surface area (TPSA) is 85.2 Å². The highest BCUT2D eigenvalue weighted by Gasteiger charge is 2.31. The number of likely N-dealkylation sites (tertiary alicyclic amines) is 1. The van der Waals surface area contributed by atoms with E-state index in [1.807, 2.05) is 6.92 Å². The van der Waals surface area contributed by atoms with Gasteiger partial charge in [0, 0.05) is 19.6 Å². The summed E-state index contributed by atoms with van der Waals surface area (Å²) in [4.78, 5) is 14.0. The maximum atomic E-state index is 12.3. The Hall–Kier alpha value is -1.44. The van der Waals surface area contributed by atoms with E-state index >= 15 is 0 Å². The third kappa shape index (κ3) is 3.00. The summed E-state index contributed by atoms with van der Waals surface area (Å²) >= 11 is 0. The standard InChI is InChI=1S/C12H20N4O3S/c1-3-10-6-4-5-7-16(10)11(17)8-20(18,19)12-14-13-9-15(12)2/h9-10H,3-8H2,1-2H3. The first kappa shape index (κ1) is 15.0. The van der Waals surface area contributed by atoms with Gasteiger partial charge in [0.15, 0.2) is 0 Å². The molecule has 2 rings (SSSR count). The molecule has 2 heterocycles. The molecule has 1 saturated heterocycles. The van der Waals surface area contributed by atoms with Crippen molar-refractivity contribution in [1.82, 2.24) is 19.7 Å².